The van der Waals surface area contributed by atoms with Gasteiger partial charge in [-0.3, -0.25) is 0 Å². The summed E-state index contributed by atoms with van der Waals surface area (Å²) >= 11 is 0. The van der Waals surface area contributed by atoms with Gasteiger partial charge in [0.05, 0.1) is 0 Å². The van der Waals surface area contributed by atoms with Crippen LogP contribution < -0.4 is 5.84 Å². The first-order chi connectivity index (χ1) is 14.1. The van der Waals surface area contributed by atoms with Crippen LogP contribution in [-0.2, 0) is 15.1 Å². The molecule has 0 radical (unpaired) electrons. The molecule has 3 rings (SSSR count). The molecule has 0 spiro atoms. The van der Waals surface area contributed by atoms with Crippen molar-refractivity contribution < 1.29 is 14.3 Å². The molecule has 29 heavy (non-hydrogen) atoms. The number of amides is 1. The van der Waals surface area contributed by atoms with E-state index in [1.807, 2.05) is 73.7 Å². The third kappa shape index (κ3) is 4.20. The van der Waals surface area contributed by atoms with Crippen LogP contribution in [0.15, 0.2) is 91.0 Å². The first-order valence-electron chi connectivity index (χ1n) is 9.50. The summed E-state index contributed by atoms with van der Waals surface area (Å²) in [5.41, 5.74) is 1.25. The molecule has 0 aliphatic rings. The second kappa shape index (κ2) is 9.17. The van der Waals surface area contributed by atoms with Gasteiger partial charge in [-0.15, -0.1) is 0 Å². The Morgan fingerprint density at radius 3 is 1.79 bits per heavy atom. The van der Waals surface area contributed by atoms with Crippen LogP contribution in [0.25, 0.3) is 0 Å². The van der Waals surface area contributed by atoms with E-state index in [-0.39, 0.29) is 0 Å². The van der Waals surface area contributed by atoms with Crippen molar-refractivity contribution in [1.29, 1.82) is 0 Å². The van der Waals surface area contributed by atoms with Gasteiger partial charge in [-0.25, -0.2) is 15.6 Å². The molecule has 0 aliphatic heterocycles. The molecular formula is C24H24N2O3. The number of rotatable bonds is 7. The van der Waals surface area contributed by atoms with E-state index >= 15 is 0 Å². The topological polar surface area (TPSA) is 72.6 Å². The highest BCUT2D eigenvalue weighted by atomic mass is 16.6. The average molecular weight is 388 g/mol. The van der Waals surface area contributed by atoms with Crippen LogP contribution in [0.1, 0.15) is 36.1 Å². The second-order valence-corrected chi connectivity index (χ2v) is 6.68. The maximum absolute atomic E-state index is 13.1. The van der Waals surface area contributed by atoms with E-state index in [4.69, 9.17) is 10.6 Å². The number of carbonyl (C=O) groups excluding carboxylic acids is 2. The van der Waals surface area contributed by atoms with Gasteiger partial charge in [0.15, 0.2) is 5.60 Å². The summed E-state index contributed by atoms with van der Waals surface area (Å²) in [5.74, 6) is 6.05. The molecule has 3 aromatic rings. The lowest BCUT2D eigenvalue weighted by molar-refractivity contribution is -0.112. The Balaban J connectivity index is 1.97. The monoisotopic (exact) mass is 388 g/mol. The number of carbonyl (C=O) groups is 2. The fourth-order valence-electron chi connectivity index (χ4n) is 3.45. The number of hydrogen-bond acceptors (Lipinski definition) is 4. The summed E-state index contributed by atoms with van der Waals surface area (Å²) in [6, 6.07) is 27.0. The number of benzene rings is 3. The van der Waals surface area contributed by atoms with Crippen LogP contribution in [0.4, 0.5) is 4.79 Å². The van der Waals surface area contributed by atoms with Gasteiger partial charge in [0.1, 0.15) is 12.3 Å². The van der Waals surface area contributed by atoms with Crippen LogP contribution in [0.5, 0.6) is 0 Å². The van der Waals surface area contributed by atoms with Crippen LogP contribution in [0, 0.1) is 0 Å². The van der Waals surface area contributed by atoms with E-state index in [9.17, 15) is 9.59 Å². The zero-order valence-electron chi connectivity index (χ0n) is 16.3. The van der Waals surface area contributed by atoms with Gasteiger partial charge < -0.3 is 9.53 Å². The lowest BCUT2D eigenvalue weighted by atomic mass is 9.84. The molecule has 5 nitrogen and oxygen atoms in total. The molecule has 3 aromatic carbocycles. The summed E-state index contributed by atoms with van der Waals surface area (Å²) in [7, 11) is 0. The maximum atomic E-state index is 13.1. The SMILES string of the molecule is CCC(OC(=O)N(N)C(C=O)c1ccccc1)(c1ccccc1)c1ccccc1. The van der Waals surface area contributed by atoms with Crippen molar-refractivity contribution in [2.24, 2.45) is 5.84 Å². The average Bonchev–Trinajstić information content (AvgIpc) is 2.79. The predicted octanol–water partition coefficient (Wildman–Crippen LogP) is 4.59. The Bertz CT molecular complexity index is 891. The highest BCUT2D eigenvalue weighted by Gasteiger charge is 2.39. The second-order valence-electron chi connectivity index (χ2n) is 6.68. The number of hydrogen-bond donors (Lipinski definition) is 1. The van der Waals surface area contributed by atoms with E-state index in [0.717, 1.165) is 16.1 Å². The Morgan fingerprint density at radius 1 is 0.931 bits per heavy atom. The standard InChI is InChI=1S/C24H24N2O3/c1-2-24(20-14-8-4-9-15-20,21-16-10-5-11-17-21)29-23(28)26(25)22(18-27)19-12-6-3-7-13-19/h3-18,22H,2,25H2,1H3. The Morgan fingerprint density at radius 2 is 1.38 bits per heavy atom. The molecule has 0 bridgehead atoms. The minimum absolute atomic E-state index is 0.498. The first kappa shape index (κ1) is 20.3. The lowest BCUT2D eigenvalue weighted by Gasteiger charge is -2.36. The van der Waals surface area contributed by atoms with Crippen molar-refractivity contribution in [3.63, 3.8) is 0 Å². The smallest absolute Gasteiger partial charge is 0.426 e. The quantitative estimate of drug-likeness (QED) is 0.278. The van der Waals surface area contributed by atoms with Gasteiger partial charge in [0.25, 0.3) is 0 Å². The van der Waals surface area contributed by atoms with Crippen LogP contribution in [-0.4, -0.2) is 17.4 Å². The molecule has 0 saturated heterocycles. The van der Waals surface area contributed by atoms with E-state index < -0.39 is 17.7 Å². The number of nitrogens with zero attached hydrogens (tertiary/aromatic N) is 1. The molecule has 0 aromatic heterocycles. The lowest BCUT2D eigenvalue weighted by Crippen LogP contribution is -2.46. The summed E-state index contributed by atoms with van der Waals surface area (Å²) in [4.78, 5) is 24.8. The molecule has 0 fully saturated rings. The highest BCUT2D eigenvalue weighted by Crippen LogP contribution is 2.37. The maximum Gasteiger partial charge on any atom is 0.426 e. The highest BCUT2D eigenvalue weighted by molar-refractivity contribution is 5.75. The van der Waals surface area contributed by atoms with Gasteiger partial charge in [-0.2, -0.15) is 0 Å². The summed E-state index contributed by atoms with van der Waals surface area (Å²) in [6.45, 7) is 1.95. The van der Waals surface area contributed by atoms with Crippen molar-refractivity contribution in [1.82, 2.24) is 5.01 Å². The van der Waals surface area contributed by atoms with Gasteiger partial charge in [0, 0.05) is 11.1 Å². The van der Waals surface area contributed by atoms with Crippen LogP contribution >= 0.6 is 0 Å². The zero-order chi connectivity index (χ0) is 20.7. The van der Waals surface area contributed by atoms with E-state index in [1.54, 1.807) is 24.3 Å². The molecule has 1 atom stereocenters. The Labute approximate surface area is 170 Å². The number of aldehydes is 1. The van der Waals surface area contributed by atoms with Crippen molar-refractivity contribution in [2.75, 3.05) is 0 Å². The third-order valence-corrected chi connectivity index (χ3v) is 5.02. The summed E-state index contributed by atoms with van der Waals surface area (Å²) < 4.78 is 6.03. The van der Waals surface area contributed by atoms with Gasteiger partial charge >= 0.3 is 6.09 Å². The Hall–Kier alpha value is -3.44. The zero-order valence-corrected chi connectivity index (χ0v) is 16.3. The molecule has 1 amide bonds. The minimum atomic E-state index is -1.03. The largest absolute Gasteiger partial charge is 0.432 e. The van der Waals surface area contributed by atoms with Gasteiger partial charge in [-0.05, 0) is 12.0 Å². The molecule has 0 aliphatic carbocycles. The van der Waals surface area contributed by atoms with Gasteiger partial charge in [0.2, 0.25) is 0 Å². The van der Waals surface area contributed by atoms with Crippen LogP contribution in [0.3, 0.4) is 0 Å². The van der Waals surface area contributed by atoms with E-state index in [2.05, 4.69) is 0 Å². The van der Waals surface area contributed by atoms with Crippen LogP contribution in [0.2, 0.25) is 0 Å². The van der Waals surface area contributed by atoms with E-state index in [1.165, 1.54) is 0 Å². The van der Waals surface area contributed by atoms with Crippen molar-refractivity contribution in [3.8, 4) is 0 Å². The fraction of sp³-hybridized carbons (Fsp3) is 0.167. The van der Waals surface area contributed by atoms with E-state index in [0.29, 0.717) is 18.3 Å². The molecule has 148 valence electrons. The Kier molecular flexibility index (Phi) is 6.42. The first-order valence-corrected chi connectivity index (χ1v) is 9.50. The molecular weight excluding hydrogens is 364 g/mol. The number of nitrogens with two attached hydrogens (primary N) is 1. The van der Waals surface area contributed by atoms with Crippen molar-refractivity contribution >= 4 is 12.4 Å². The normalized spacial score (nSPS) is 12.1. The molecule has 0 saturated carbocycles. The minimum Gasteiger partial charge on any atom is -0.432 e. The summed E-state index contributed by atoms with van der Waals surface area (Å²) in [6.07, 6.45) is 0.355. The van der Waals surface area contributed by atoms with Crippen molar-refractivity contribution in [3.05, 3.63) is 108 Å². The molecule has 0 heterocycles. The molecule has 1 unspecified atom stereocenters. The fourth-order valence-corrected chi connectivity index (χ4v) is 3.45. The third-order valence-electron chi connectivity index (χ3n) is 5.02. The molecule has 5 heteroatoms. The summed E-state index contributed by atoms with van der Waals surface area (Å²) in [5, 5.41) is 0.846. The number of ether oxygens (including phenoxy) is 1. The number of hydrazine groups is 1. The van der Waals surface area contributed by atoms with Gasteiger partial charge in [-0.1, -0.05) is 97.9 Å². The molecule has 2 N–H and O–H groups in total. The predicted molar refractivity (Wildman–Crippen MR) is 112 cm³/mol. The van der Waals surface area contributed by atoms with Crippen molar-refractivity contribution in [2.45, 2.75) is 25.0 Å².